The Balaban J connectivity index is 1.68. The Morgan fingerprint density at radius 1 is 1.06 bits per heavy atom. The number of carboxylic acid groups (broad SMARTS) is 1. The summed E-state index contributed by atoms with van der Waals surface area (Å²) in [6.07, 6.45) is 8.81. The van der Waals surface area contributed by atoms with Gasteiger partial charge in [0.25, 0.3) is 0 Å². The maximum atomic E-state index is 12.0. The van der Waals surface area contributed by atoms with E-state index in [1.807, 2.05) is 0 Å². The first-order chi connectivity index (χ1) is 8.68. The van der Waals surface area contributed by atoms with E-state index in [1.165, 1.54) is 19.3 Å². The summed E-state index contributed by atoms with van der Waals surface area (Å²) in [5.41, 5.74) is 0. The minimum Gasteiger partial charge on any atom is -0.481 e. The zero-order valence-corrected chi connectivity index (χ0v) is 10.9. The standard InChI is InChI=1S/C14H23NO3/c16-13(10-6-4-2-1-3-5-7-10)15-9-11-8-12(11)14(17)18/h10-12H,1-9H2,(H,15,16)(H,17,18)/t11-,12-/m1/s1. The summed E-state index contributed by atoms with van der Waals surface area (Å²) in [4.78, 5) is 22.7. The van der Waals surface area contributed by atoms with Gasteiger partial charge in [0.1, 0.15) is 0 Å². The van der Waals surface area contributed by atoms with Gasteiger partial charge in [0.05, 0.1) is 5.92 Å². The molecule has 2 N–H and O–H groups in total. The summed E-state index contributed by atoms with van der Waals surface area (Å²) in [6, 6.07) is 0. The van der Waals surface area contributed by atoms with E-state index in [1.54, 1.807) is 0 Å². The molecule has 2 rings (SSSR count). The highest BCUT2D eigenvalue weighted by Crippen LogP contribution is 2.37. The van der Waals surface area contributed by atoms with Gasteiger partial charge in [-0.15, -0.1) is 0 Å². The molecule has 18 heavy (non-hydrogen) atoms. The summed E-state index contributed by atoms with van der Waals surface area (Å²) in [6.45, 7) is 0.548. The van der Waals surface area contributed by atoms with Crippen molar-refractivity contribution in [1.82, 2.24) is 5.32 Å². The van der Waals surface area contributed by atoms with Crippen molar-refractivity contribution in [2.75, 3.05) is 6.54 Å². The fraction of sp³-hybridized carbons (Fsp3) is 0.857. The molecule has 102 valence electrons. The van der Waals surface area contributed by atoms with E-state index in [2.05, 4.69) is 5.32 Å². The number of aliphatic carboxylic acids is 1. The Labute approximate surface area is 108 Å². The number of carbonyl (C=O) groups excluding carboxylic acids is 1. The zero-order valence-electron chi connectivity index (χ0n) is 10.9. The molecule has 2 saturated carbocycles. The predicted octanol–water partition coefficient (Wildman–Crippen LogP) is 2.18. The van der Waals surface area contributed by atoms with Crippen LogP contribution in [0.3, 0.4) is 0 Å². The average Bonchev–Trinajstić information content (AvgIpc) is 3.04. The van der Waals surface area contributed by atoms with Crippen LogP contribution in [0.4, 0.5) is 0 Å². The molecule has 0 bridgehead atoms. The number of carbonyl (C=O) groups is 2. The molecule has 2 fully saturated rings. The lowest BCUT2D eigenvalue weighted by atomic mass is 9.90. The third kappa shape index (κ3) is 3.72. The van der Waals surface area contributed by atoms with Gasteiger partial charge in [-0.1, -0.05) is 32.1 Å². The van der Waals surface area contributed by atoms with Crippen LogP contribution in [-0.4, -0.2) is 23.5 Å². The summed E-state index contributed by atoms with van der Waals surface area (Å²) in [5.74, 6) is -0.469. The zero-order chi connectivity index (χ0) is 13.0. The van der Waals surface area contributed by atoms with Crippen LogP contribution in [0.25, 0.3) is 0 Å². The molecule has 2 aliphatic carbocycles. The Bertz CT molecular complexity index is 308. The molecule has 0 aliphatic heterocycles. The monoisotopic (exact) mass is 253 g/mol. The van der Waals surface area contributed by atoms with Crippen LogP contribution in [0.1, 0.15) is 51.4 Å². The topological polar surface area (TPSA) is 66.4 Å². The Morgan fingerprint density at radius 2 is 1.67 bits per heavy atom. The van der Waals surface area contributed by atoms with Gasteiger partial charge < -0.3 is 10.4 Å². The molecule has 4 nitrogen and oxygen atoms in total. The Morgan fingerprint density at radius 3 is 2.22 bits per heavy atom. The second kappa shape index (κ2) is 6.21. The molecule has 2 aliphatic rings. The number of rotatable bonds is 4. The molecule has 0 heterocycles. The predicted molar refractivity (Wildman–Crippen MR) is 68.1 cm³/mol. The van der Waals surface area contributed by atoms with Gasteiger partial charge in [0.2, 0.25) is 5.91 Å². The molecule has 0 aromatic carbocycles. The summed E-state index contributed by atoms with van der Waals surface area (Å²) in [5, 5.41) is 11.7. The van der Waals surface area contributed by atoms with Crippen molar-refractivity contribution >= 4 is 11.9 Å². The molecule has 0 radical (unpaired) electrons. The second-order valence-corrected chi connectivity index (χ2v) is 5.73. The molecular formula is C14H23NO3. The minimum absolute atomic E-state index is 0.146. The van der Waals surface area contributed by atoms with Crippen LogP contribution >= 0.6 is 0 Å². The van der Waals surface area contributed by atoms with Gasteiger partial charge in [0.15, 0.2) is 0 Å². The average molecular weight is 253 g/mol. The fourth-order valence-corrected chi connectivity index (χ4v) is 2.87. The lowest BCUT2D eigenvalue weighted by Gasteiger charge is -2.19. The van der Waals surface area contributed by atoms with Crippen LogP contribution in [0, 0.1) is 17.8 Å². The summed E-state index contributed by atoms with van der Waals surface area (Å²) in [7, 11) is 0. The van der Waals surface area contributed by atoms with Crippen molar-refractivity contribution in [2.45, 2.75) is 51.4 Å². The van der Waals surface area contributed by atoms with Crippen molar-refractivity contribution in [3.63, 3.8) is 0 Å². The number of hydrogen-bond donors (Lipinski definition) is 2. The van der Waals surface area contributed by atoms with Crippen molar-refractivity contribution in [3.8, 4) is 0 Å². The maximum absolute atomic E-state index is 12.0. The first kappa shape index (κ1) is 13.4. The Hall–Kier alpha value is -1.06. The number of hydrogen-bond acceptors (Lipinski definition) is 2. The first-order valence-corrected chi connectivity index (χ1v) is 7.19. The highest BCUT2D eigenvalue weighted by atomic mass is 16.4. The van der Waals surface area contributed by atoms with Gasteiger partial charge in [-0.2, -0.15) is 0 Å². The molecular weight excluding hydrogens is 230 g/mol. The molecule has 4 heteroatoms. The third-order valence-corrected chi connectivity index (χ3v) is 4.25. The van der Waals surface area contributed by atoms with Crippen LogP contribution in [0.2, 0.25) is 0 Å². The SMILES string of the molecule is O=C(NC[C@H]1C[C@H]1C(=O)O)C1CCCCCCC1. The lowest BCUT2D eigenvalue weighted by Crippen LogP contribution is -2.33. The van der Waals surface area contributed by atoms with Crippen molar-refractivity contribution in [2.24, 2.45) is 17.8 Å². The van der Waals surface area contributed by atoms with E-state index in [9.17, 15) is 9.59 Å². The summed E-state index contributed by atoms with van der Waals surface area (Å²) < 4.78 is 0. The number of amides is 1. The molecule has 0 aromatic heterocycles. The van der Waals surface area contributed by atoms with Gasteiger partial charge in [-0.25, -0.2) is 0 Å². The van der Waals surface area contributed by atoms with Crippen LogP contribution in [0.5, 0.6) is 0 Å². The molecule has 0 unspecified atom stereocenters. The molecule has 1 amide bonds. The van der Waals surface area contributed by atoms with Gasteiger partial charge >= 0.3 is 5.97 Å². The van der Waals surface area contributed by atoms with Crippen molar-refractivity contribution < 1.29 is 14.7 Å². The summed E-state index contributed by atoms with van der Waals surface area (Å²) >= 11 is 0. The van der Waals surface area contributed by atoms with Crippen LogP contribution < -0.4 is 5.32 Å². The largest absolute Gasteiger partial charge is 0.481 e. The molecule has 0 saturated heterocycles. The molecule has 0 spiro atoms. The van der Waals surface area contributed by atoms with Gasteiger partial charge in [-0.3, -0.25) is 9.59 Å². The van der Waals surface area contributed by atoms with Crippen LogP contribution in [0.15, 0.2) is 0 Å². The number of nitrogens with one attached hydrogen (secondary N) is 1. The van der Waals surface area contributed by atoms with E-state index in [-0.39, 0.29) is 23.7 Å². The molecule has 2 atom stereocenters. The highest BCUT2D eigenvalue weighted by molar-refractivity contribution is 5.79. The smallest absolute Gasteiger partial charge is 0.306 e. The normalized spacial score (nSPS) is 29.1. The van der Waals surface area contributed by atoms with E-state index < -0.39 is 5.97 Å². The number of carboxylic acids is 1. The van der Waals surface area contributed by atoms with E-state index in [4.69, 9.17) is 5.11 Å². The van der Waals surface area contributed by atoms with E-state index in [0.717, 1.165) is 32.1 Å². The quantitative estimate of drug-likeness (QED) is 0.807. The van der Waals surface area contributed by atoms with Crippen molar-refractivity contribution in [3.05, 3.63) is 0 Å². The van der Waals surface area contributed by atoms with Crippen LogP contribution in [-0.2, 0) is 9.59 Å². The molecule has 0 aromatic rings. The lowest BCUT2D eigenvalue weighted by molar-refractivity contribution is -0.139. The van der Waals surface area contributed by atoms with E-state index >= 15 is 0 Å². The van der Waals surface area contributed by atoms with Gasteiger partial charge in [-0.05, 0) is 25.2 Å². The highest BCUT2D eigenvalue weighted by Gasteiger charge is 2.43. The minimum atomic E-state index is -0.722. The Kier molecular flexibility index (Phi) is 4.61. The fourth-order valence-electron chi connectivity index (χ4n) is 2.87. The first-order valence-electron chi connectivity index (χ1n) is 7.19. The second-order valence-electron chi connectivity index (χ2n) is 5.73. The van der Waals surface area contributed by atoms with E-state index in [0.29, 0.717) is 6.54 Å². The maximum Gasteiger partial charge on any atom is 0.306 e. The van der Waals surface area contributed by atoms with Crippen molar-refractivity contribution in [1.29, 1.82) is 0 Å². The van der Waals surface area contributed by atoms with Gasteiger partial charge in [0, 0.05) is 12.5 Å². The third-order valence-electron chi connectivity index (χ3n) is 4.25.